The molecule has 0 saturated heterocycles. The highest BCUT2D eigenvalue weighted by Crippen LogP contribution is 2.28. The van der Waals surface area contributed by atoms with Gasteiger partial charge in [0.1, 0.15) is 0 Å². The molecule has 0 aromatic heterocycles. The van der Waals surface area contributed by atoms with Crippen LogP contribution in [0.1, 0.15) is 80.1 Å². The van der Waals surface area contributed by atoms with Crippen LogP contribution in [0.4, 0.5) is 0 Å². The Morgan fingerprint density at radius 1 is 0.688 bits per heavy atom. The molecule has 0 radical (unpaired) electrons. The van der Waals surface area contributed by atoms with Gasteiger partial charge in [0.15, 0.2) is 0 Å². The number of unbranched alkanes of at least 4 members (excludes halogenated alkanes) is 2. The van der Waals surface area contributed by atoms with Crippen LogP contribution in [0.3, 0.4) is 0 Å². The van der Waals surface area contributed by atoms with E-state index in [-0.39, 0.29) is 0 Å². The van der Waals surface area contributed by atoms with Crippen LogP contribution in [0.2, 0.25) is 0 Å². The molecule has 0 spiro atoms. The molecule has 0 aromatic carbocycles. The monoisotopic (exact) mass is 226 g/mol. The molecule has 0 aliphatic rings. The summed E-state index contributed by atoms with van der Waals surface area (Å²) in [4.78, 5) is 0. The standard InChI is InChI=1S/C16H34/c1-7-8-9-10-14(4)16(6)15(5)12-11-13(2)3/h13-16H,7-12H2,1-6H3. The minimum absolute atomic E-state index is 0.866. The fraction of sp³-hybridized carbons (Fsp3) is 1.00. The molecule has 0 aliphatic carbocycles. The maximum Gasteiger partial charge on any atom is -0.0391 e. The molecule has 0 saturated carbocycles. The first kappa shape index (κ1) is 16.0. The molecule has 0 aromatic rings. The van der Waals surface area contributed by atoms with E-state index in [0.29, 0.717) is 0 Å². The average Bonchev–Trinajstić information content (AvgIpc) is 2.24. The summed E-state index contributed by atoms with van der Waals surface area (Å²) in [5.41, 5.74) is 0. The Labute approximate surface area is 104 Å². The smallest absolute Gasteiger partial charge is 0.0391 e. The number of hydrogen-bond donors (Lipinski definition) is 0. The van der Waals surface area contributed by atoms with E-state index in [2.05, 4.69) is 41.5 Å². The zero-order chi connectivity index (χ0) is 12.6. The minimum Gasteiger partial charge on any atom is -0.0654 e. The number of hydrogen-bond acceptors (Lipinski definition) is 0. The van der Waals surface area contributed by atoms with Gasteiger partial charge in [-0.15, -0.1) is 0 Å². The first-order valence-corrected chi connectivity index (χ1v) is 7.49. The summed E-state index contributed by atoms with van der Waals surface area (Å²) in [6, 6.07) is 0. The third-order valence-corrected chi connectivity index (χ3v) is 4.26. The Morgan fingerprint density at radius 3 is 1.75 bits per heavy atom. The predicted octanol–water partition coefficient (Wildman–Crippen LogP) is 5.91. The lowest BCUT2D eigenvalue weighted by atomic mass is 9.79. The second-order valence-electron chi connectivity index (χ2n) is 6.28. The van der Waals surface area contributed by atoms with Gasteiger partial charge < -0.3 is 0 Å². The molecule has 3 atom stereocenters. The van der Waals surface area contributed by atoms with Crippen molar-refractivity contribution in [3.05, 3.63) is 0 Å². The molecule has 98 valence electrons. The first-order valence-electron chi connectivity index (χ1n) is 7.49. The maximum absolute atomic E-state index is 2.46. The van der Waals surface area contributed by atoms with E-state index in [1.54, 1.807) is 0 Å². The van der Waals surface area contributed by atoms with Crippen LogP contribution in [0.15, 0.2) is 0 Å². The molecule has 0 heterocycles. The highest BCUT2D eigenvalue weighted by Gasteiger charge is 2.18. The third-order valence-electron chi connectivity index (χ3n) is 4.26. The summed E-state index contributed by atoms with van der Waals surface area (Å²) in [5.74, 6) is 3.58. The lowest BCUT2D eigenvalue weighted by Crippen LogP contribution is -2.17. The molecule has 3 unspecified atom stereocenters. The summed E-state index contributed by atoms with van der Waals surface area (Å²) < 4.78 is 0. The van der Waals surface area contributed by atoms with Gasteiger partial charge in [0, 0.05) is 0 Å². The first-order chi connectivity index (χ1) is 7.49. The highest BCUT2D eigenvalue weighted by molar-refractivity contribution is 4.69. The van der Waals surface area contributed by atoms with Crippen LogP contribution in [0.25, 0.3) is 0 Å². The van der Waals surface area contributed by atoms with Gasteiger partial charge in [-0.05, 0) is 23.7 Å². The van der Waals surface area contributed by atoms with Gasteiger partial charge in [-0.2, -0.15) is 0 Å². The van der Waals surface area contributed by atoms with Gasteiger partial charge in [0.2, 0.25) is 0 Å². The normalized spacial score (nSPS) is 17.4. The van der Waals surface area contributed by atoms with Gasteiger partial charge in [0.05, 0.1) is 0 Å². The Bertz CT molecular complexity index is 148. The van der Waals surface area contributed by atoms with Gasteiger partial charge in [-0.1, -0.05) is 80.1 Å². The molecule has 0 bridgehead atoms. The molecule has 0 nitrogen and oxygen atoms in total. The van der Waals surface area contributed by atoms with Crippen molar-refractivity contribution in [1.29, 1.82) is 0 Å². The van der Waals surface area contributed by atoms with E-state index in [0.717, 1.165) is 23.7 Å². The van der Waals surface area contributed by atoms with Crippen molar-refractivity contribution in [2.45, 2.75) is 80.1 Å². The molecule has 0 heteroatoms. The summed E-state index contributed by atoms with van der Waals surface area (Å²) in [7, 11) is 0. The van der Waals surface area contributed by atoms with Crippen LogP contribution in [0.5, 0.6) is 0 Å². The average molecular weight is 226 g/mol. The van der Waals surface area contributed by atoms with Crippen molar-refractivity contribution < 1.29 is 0 Å². The quantitative estimate of drug-likeness (QED) is 0.429. The Hall–Kier alpha value is 0. The molecule has 16 heavy (non-hydrogen) atoms. The molecule has 0 rings (SSSR count). The van der Waals surface area contributed by atoms with Gasteiger partial charge >= 0.3 is 0 Å². The summed E-state index contributed by atoms with van der Waals surface area (Å²) in [5, 5.41) is 0. The van der Waals surface area contributed by atoms with E-state index in [9.17, 15) is 0 Å². The Balaban J connectivity index is 3.77. The molecule has 0 aliphatic heterocycles. The zero-order valence-electron chi connectivity index (χ0n) is 12.6. The van der Waals surface area contributed by atoms with Crippen molar-refractivity contribution in [3.8, 4) is 0 Å². The van der Waals surface area contributed by atoms with E-state index in [4.69, 9.17) is 0 Å². The second-order valence-corrected chi connectivity index (χ2v) is 6.28. The van der Waals surface area contributed by atoms with Crippen molar-refractivity contribution in [2.75, 3.05) is 0 Å². The van der Waals surface area contributed by atoms with Crippen LogP contribution >= 0.6 is 0 Å². The third kappa shape index (κ3) is 7.30. The maximum atomic E-state index is 2.46. The summed E-state index contributed by atoms with van der Waals surface area (Å²) >= 11 is 0. The summed E-state index contributed by atoms with van der Waals surface area (Å²) in [6.45, 7) is 14.3. The van der Waals surface area contributed by atoms with E-state index in [1.807, 2.05) is 0 Å². The topological polar surface area (TPSA) is 0 Å². The molecule has 0 fully saturated rings. The molecule has 0 N–H and O–H groups in total. The largest absolute Gasteiger partial charge is 0.0654 e. The molecular weight excluding hydrogens is 192 g/mol. The van der Waals surface area contributed by atoms with Crippen molar-refractivity contribution in [3.63, 3.8) is 0 Å². The predicted molar refractivity (Wildman–Crippen MR) is 75.7 cm³/mol. The molecular formula is C16H34. The van der Waals surface area contributed by atoms with Crippen molar-refractivity contribution in [2.24, 2.45) is 23.7 Å². The van der Waals surface area contributed by atoms with E-state index in [1.165, 1.54) is 38.5 Å². The van der Waals surface area contributed by atoms with Crippen LogP contribution < -0.4 is 0 Å². The summed E-state index contributed by atoms with van der Waals surface area (Å²) in [6.07, 6.45) is 8.44. The fourth-order valence-electron chi connectivity index (χ4n) is 2.40. The lowest BCUT2D eigenvalue weighted by Gasteiger charge is -2.26. The van der Waals surface area contributed by atoms with E-state index >= 15 is 0 Å². The second kappa shape index (κ2) is 9.07. The fourth-order valence-corrected chi connectivity index (χ4v) is 2.40. The Kier molecular flexibility index (Phi) is 9.07. The zero-order valence-corrected chi connectivity index (χ0v) is 12.6. The molecule has 0 amide bonds. The van der Waals surface area contributed by atoms with Gasteiger partial charge in [0.25, 0.3) is 0 Å². The number of rotatable bonds is 9. The minimum atomic E-state index is 0.866. The van der Waals surface area contributed by atoms with Gasteiger partial charge in [-0.3, -0.25) is 0 Å². The van der Waals surface area contributed by atoms with Crippen molar-refractivity contribution in [1.82, 2.24) is 0 Å². The Morgan fingerprint density at radius 2 is 1.25 bits per heavy atom. The SMILES string of the molecule is CCCCCC(C)C(C)C(C)CCC(C)C. The van der Waals surface area contributed by atoms with Crippen molar-refractivity contribution >= 4 is 0 Å². The van der Waals surface area contributed by atoms with E-state index < -0.39 is 0 Å². The van der Waals surface area contributed by atoms with Gasteiger partial charge in [-0.25, -0.2) is 0 Å². The van der Waals surface area contributed by atoms with Crippen LogP contribution in [-0.2, 0) is 0 Å². The lowest BCUT2D eigenvalue weighted by molar-refractivity contribution is 0.240. The van der Waals surface area contributed by atoms with Crippen LogP contribution in [-0.4, -0.2) is 0 Å². The van der Waals surface area contributed by atoms with Crippen LogP contribution in [0, 0.1) is 23.7 Å². The highest BCUT2D eigenvalue weighted by atomic mass is 14.2.